The summed E-state index contributed by atoms with van der Waals surface area (Å²) in [5.74, 6) is -1.25. The Morgan fingerprint density at radius 1 is 0.446 bits per heavy atom. The largest absolute Gasteiger partial charge is 0.486 e. The van der Waals surface area contributed by atoms with Gasteiger partial charge in [-0.3, -0.25) is 4.79 Å². The van der Waals surface area contributed by atoms with E-state index in [4.69, 9.17) is 6.57 Å². The molecule has 0 unspecified atom stereocenters. The first-order valence-corrected chi connectivity index (χ1v) is 18.5. The summed E-state index contributed by atoms with van der Waals surface area (Å²) in [7, 11) is 0. The number of anilines is 9. The molecule has 0 heterocycles. The predicted molar refractivity (Wildman–Crippen MR) is 232 cm³/mol. The number of hydrogen-bond donors (Lipinski definition) is 1. The fraction of sp³-hybridized carbons (Fsp3) is 0.0800. The van der Waals surface area contributed by atoms with Crippen LogP contribution in [0, 0.1) is 34.3 Å². The fourth-order valence-corrected chi connectivity index (χ4v) is 6.93. The lowest BCUT2D eigenvalue weighted by Crippen LogP contribution is -2.13. The maximum Gasteiger partial charge on any atom is 0.333 e. The number of benzene rings is 7. The maximum absolute atomic E-state index is 11.6. The molecule has 0 aliphatic heterocycles. The summed E-state index contributed by atoms with van der Waals surface area (Å²) in [4.78, 5) is 21.5. The monoisotopic (exact) mass is 730 g/mol. The Morgan fingerprint density at radius 3 is 0.964 bits per heavy atom. The van der Waals surface area contributed by atoms with Crippen LogP contribution < -0.4 is 14.7 Å². The molecule has 0 fully saturated rings. The molecule has 56 heavy (non-hydrogen) atoms. The minimum atomic E-state index is -1.25. The molecular weight excluding hydrogens is 689 g/mol. The van der Waals surface area contributed by atoms with Gasteiger partial charge in [-0.1, -0.05) is 60.7 Å². The van der Waals surface area contributed by atoms with Crippen LogP contribution in [-0.4, -0.2) is 11.1 Å². The summed E-state index contributed by atoms with van der Waals surface area (Å²) in [5.41, 5.74) is 14.1. The average Bonchev–Trinajstić information content (AvgIpc) is 3.19. The SMILES string of the molecule is [C-]#[N+]/C(=C\c1ccc(N(c2ccc(N(c3cccc(C)c3)c3cccc(C)c3)cc2)c2ccc(N(c3cccc(C)c3)c3cccc(C)c3)cc2)cc1)C(=O)O. The minimum absolute atomic E-state index is 0.334. The highest BCUT2D eigenvalue weighted by molar-refractivity contribution is 5.94. The average molecular weight is 731 g/mol. The molecule has 0 aromatic heterocycles. The van der Waals surface area contributed by atoms with Crippen molar-refractivity contribution in [1.29, 1.82) is 0 Å². The molecule has 0 spiro atoms. The van der Waals surface area contributed by atoms with Gasteiger partial charge in [0.25, 0.3) is 5.70 Å². The van der Waals surface area contributed by atoms with Crippen molar-refractivity contribution in [3.8, 4) is 0 Å². The number of hydrogen-bond acceptors (Lipinski definition) is 4. The Labute approximate surface area is 329 Å². The predicted octanol–water partition coefficient (Wildman–Crippen LogP) is 13.7. The Balaban J connectivity index is 1.32. The summed E-state index contributed by atoms with van der Waals surface area (Å²) < 4.78 is 0. The molecule has 0 saturated heterocycles. The van der Waals surface area contributed by atoms with Gasteiger partial charge in [0.2, 0.25) is 0 Å². The lowest BCUT2D eigenvalue weighted by atomic mass is 10.1. The van der Waals surface area contributed by atoms with Crippen molar-refractivity contribution >= 4 is 63.2 Å². The normalized spacial score (nSPS) is 11.1. The third-order valence-corrected chi connectivity index (χ3v) is 9.57. The molecular formula is C50H42N4O2. The Bertz CT molecular complexity index is 2340. The van der Waals surface area contributed by atoms with Crippen molar-refractivity contribution in [2.45, 2.75) is 27.7 Å². The van der Waals surface area contributed by atoms with E-state index in [0.717, 1.165) is 51.2 Å². The van der Waals surface area contributed by atoms with Crippen LogP contribution in [0.25, 0.3) is 10.9 Å². The lowest BCUT2D eigenvalue weighted by Gasteiger charge is -2.30. The van der Waals surface area contributed by atoms with Crippen LogP contribution in [0.3, 0.4) is 0 Å². The zero-order valence-electron chi connectivity index (χ0n) is 31.9. The summed E-state index contributed by atoms with van der Waals surface area (Å²) >= 11 is 0. The molecule has 0 amide bonds. The lowest BCUT2D eigenvalue weighted by molar-refractivity contribution is -0.132. The van der Waals surface area contributed by atoms with E-state index in [1.165, 1.54) is 28.3 Å². The number of aliphatic carboxylic acids is 1. The van der Waals surface area contributed by atoms with E-state index >= 15 is 0 Å². The molecule has 6 nitrogen and oxygen atoms in total. The summed E-state index contributed by atoms with van der Waals surface area (Å²) in [6, 6.07) is 58.8. The van der Waals surface area contributed by atoms with E-state index in [2.05, 4.69) is 193 Å². The van der Waals surface area contributed by atoms with Gasteiger partial charge in [0.05, 0.1) is 6.57 Å². The third kappa shape index (κ3) is 8.23. The van der Waals surface area contributed by atoms with Crippen molar-refractivity contribution < 1.29 is 9.90 Å². The van der Waals surface area contributed by atoms with E-state index in [1.54, 1.807) is 0 Å². The first-order chi connectivity index (χ1) is 27.2. The van der Waals surface area contributed by atoms with Gasteiger partial charge in [-0.2, -0.15) is 0 Å². The second kappa shape index (κ2) is 16.3. The number of carboxylic acid groups (broad SMARTS) is 1. The van der Waals surface area contributed by atoms with Gasteiger partial charge >= 0.3 is 5.97 Å². The standard InChI is InChI=1S/C50H42N4O2/c1-35-10-6-14-45(30-35)53(46-15-7-11-36(2)31-46)43-26-22-41(23-27-43)52(40-20-18-39(19-21-40)34-49(51-5)50(55)56)42-24-28-44(29-25-42)54(47-16-8-12-37(3)32-47)48-17-9-13-38(4)33-48/h6-34H,1-4H3,(H,55,56)/b49-34-. The highest BCUT2D eigenvalue weighted by atomic mass is 16.4. The van der Waals surface area contributed by atoms with E-state index in [-0.39, 0.29) is 5.70 Å². The molecule has 7 rings (SSSR count). The molecule has 0 saturated carbocycles. The van der Waals surface area contributed by atoms with E-state index in [0.29, 0.717) is 5.56 Å². The molecule has 0 atom stereocenters. The number of rotatable bonds is 11. The molecule has 0 radical (unpaired) electrons. The zero-order chi connectivity index (χ0) is 39.2. The molecule has 0 aliphatic carbocycles. The van der Waals surface area contributed by atoms with Gasteiger partial charge in [-0.15, -0.1) is 0 Å². The van der Waals surface area contributed by atoms with Crippen LogP contribution in [0.15, 0.2) is 176 Å². The molecule has 274 valence electrons. The van der Waals surface area contributed by atoms with Gasteiger partial charge in [-0.25, -0.2) is 4.85 Å². The van der Waals surface area contributed by atoms with Crippen LogP contribution in [0.1, 0.15) is 27.8 Å². The van der Waals surface area contributed by atoms with Crippen LogP contribution >= 0.6 is 0 Å². The van der Waals surface area contributed by atoms with Crippen LogP contribution in [0.2, 0.25) is 0 Å². The quantitative estimate of drug-likeness (QED) is 0.106. The van der Waals surface area contributed by atoms with E-state index in [9.17, 15) is 9.90 Å². The number of carbonyl (C=O) groups is 1. The fourth-order valence-electron chi connectivity index (χ4n) is 6.93. The Kier molecular flexibility index (Phi) is 10.8. The summed E-state index contributed by atoms with van der Waals surface area (Å²) in [6.07, 6.45) is 1.39. The first-order valence-electron chi connectivity index (χ1n) is 18.5. The third-order valence-electron chi connectivity index (χ3n) is 9.57. The minimum Gasteiger partial charge on any atom is -0.486 e. The van der Waals surface area contributed by atoms with Crippen molar-refractivity contribution in [2.75, 3.05) is 14.7 Å². The second-order valence-electron chi connectivity index (χ2n) is 13.9. The van der Waals surface area contributed by atoms with Crippen molar-refractivity contribution in [3.05, 3.63) is 215 Å². The summed E-state index contributed by atoms with van der Waals surface area (Å²) in [5, 5.41) is 9.45. The van der Waals surface area contributed by atoms with Gasteiger partial charge < -0.3 is 19.8 Å². The summed E-state index contributed by atoms with van der Waals surface area (Å²) in [6.45, 7) is 15.7. The molecule has 7 aromatic carbocycles. The second-order valence-corrected chi connectivity index (χ2v) is 13.9. The zero-order valence-corrected chi connectivity index (χ0v) is 31.9. The molecule has 1 N–H and O–H groups in total. The van der Waals surface area contributed by atoms with Crippen LogP contribution in [0.5, 0.6) is 0 Å². The Morgan fingerprint density at radius 2 is 0.714 bits per heavy atom. The van der Waals surface area contributed by atoms with Gasteiger partial charge in [0.15, 0.2) is 0 Å². The first kappa shape index (κ1) is 37.0. The molecule has 6 heteroatoms. The molecule has 7 aromatic rings. The molecule has 0 bridgehead atoms. The number of nitrogens with zero attached hydrogens (tertiary/aromatic N) is 4. The van der Waals surface area contributed by atoms with E-state index in [1.807, 2.05) is 24.3 Å². The molecule has 0 aliphatic rings. The number of carboxylic acids is 1. The van der Waals surface area contributed by atoms with Gasteiger partial charge in [0, 0.05) is 51.2 Å². The van der Waals surface area contributed by atoms with Crippen LogP contribution in [-0.2, 0) is 4.79 Å². The highest BCUT2D eigenvalue weighted by Gasteiger charge is 2.19. The van der Waals surface area contributed by atoms with Gasteiger partial charge in [0.1, 0.15) is 0 Å². The smallest absolute Gasteiger partial charge is 0.333 e. The topological polar surface area (TPSA) is 51.4 Å². The number of aryl methyl sites for hydroxylation is 4. The highest BCUT2D eigenvalue weighted by Crippen LogP contribution is 2.41. The maximum atomic E-state index is 11.6. The van der Waals surface area contributed by atoms with Crippen LogP contribution in [0.4, 0.5) is 51.2 Å². The van der Waals surface area contributed by atoms with E-state index < -0.39 is 5.97 Å². The van der Waals surface area contributed by atoms with Crippen molar-refractivity contribution in [2.24, 2.45) is 0 Å². The van der Waals surface area contributed by atoms with Crippen molar-refractivity contribution in [3.63, 3.8) is 0 Å². The van der Waals surface area contributed by atoms with Crippen molar-refractivity contribution in [1.82, 2.24) is 0 Å². The van der Waals surface area contributed by atoms with Gasteiger partial charge in [-0.05, 0) is 171 Å². The Hall–Kier alpha value is -7.36.